The van der Waals surface area contributed by atoms with Crippen molar-refractivity contribution in [1.82, 2.24) is 5.32 Å². The molecule has 0 aromatic heterocycles. The van der Waals surface area contributed by atoms with Crippen molar-refractivity contribution in [2.75, 3.05) is 0 Å². The summed E-state index contributed by atoms with van der Waals surface area (Å²) in [7, 11) is 0. The van der Waals surface area contributed by atoms with E-state index in [9.17, 15) is 4.79 Å². The summed E-state index contributed by atoms with van der Waals surface area (Å²) in [6.45, 7) is 1.94. The Labute approximate surface area is 130 Å². The third-order valence-electron chi connectivity index (χ3n) is 3.38. The van der Waals surface area contributed by atoms with E-state index in [1.165, 1.54) is 0 Å². The molecule has 0 fully saturated rings. The van der Waals surface area contributed by atoms with Crippen molar-refractivity contribution in [3.8, 4) is 0 Å². The van der Waals surface area contributed by atoms with Gasteiger partial charge in [-0.3, -0.25) is 4.79 Å². The van der Waals surface area contributed by atoms with E-state index in [2.05, 4.69) is 5.32 Å². The first-order valence-corrected chi connectivity index (χ1v) is 7.29. The van der Waals surface area contributed by atoms with Gasteiger partial charge in [0.2, 0.25) is 5.91 Å². The molecule has 0 aliphatic rings. The summed E-state index contributed by atoms with van der Waals surface area (Å²) >= 11 is 5.85. The van der Waals surface area contributed by atoms with Gasteiger partial charge < -0.3 is 11.1 Å². The summed E-state index contributed by atoms with van der Waals surface area (Å²) in [4.78, 5) is 12.1. The molecule has 0 bridgehead atoms. The Hall–Kier alpha value is -1.84. The van der Waals surface area contributed by atoms with Gasteiger partial charge in [0, 0.05) is 17.5 Å². The molecule has 110 valence electrons. The zero-order chi connectivity index (χ0) is 15.2. The maximum Gasteiger partial charge on any atom is 0.222 e. The maximum absolute atomic E-state index is 12.1. The van der Waals surface area contributed by atoms with Gasteiger partial charge in [-0.25, -0.2) is 0 Å². The Morgan fingerprint density at radius 3 is 2.33 bits per heavy atom. The number of hydrogen-bond donors (Lipinski definition) is 2. The minimum atomic E-state index is -0.288. The fourth-order valence-corrected chi connectivity index (χ4v) is 2.28. The predicted molar refractivity (Wildman–Crippen MR) is 86.0 cm³/mol. The number of carbonyl (C=O) groups excluding carboxylic acids is 1. The number of hydrogen-bond acceptors (Lipinski definition) is 2. The maximum atomic E-state index is 12.1. The lowest BCUT2D eigenvalue weighted by molar-refractivity contribution is -0.122. The van der Waals surface area contributed by atoms with Gasteiger partial charge in [0.15, 0.2) is 0 Å². The second-order valence-corrected chi connectivity index (χ2v) is 5.50. The second kappa shape index (κ2) is 7.25. The minimum Gasteiger partial charge on any atom is -0.350 e. The van der Waals surface area contributed by atoms with Crippen LogP contribution in [0.2, 0.25) is 5.02 Å². The summed E-state index contributed by atoms with van der Waals surface area (Å²) in [5.41, 5.74) is 8.03. The molecule has 4 heteroatoms. The fraction of sp³-hybridized carbons (Fsp3) is 0.235. The molecule has 2 rings (SSSR count). The van der Waals surface area contributed by atoms with Crippen LogP contribution < -0.4 is 11.1 Å². The molecular weight excluding hydrogens is 284 g/mol. The van der Waals surface area contributed by atoms with Gasteiger partial charge in [0.25, 0.3) is 0 Å². The molecule has 2 aromatic rings. The second-order valence-electron chi connectivity index (χ2n) is 5.06. The number of amides is 1. The topological polar surface area (TPSA) is 55.1 Å². The Morgan fingerprint density at radius 1 is 1.10 bits per heavy atom. The molecule has 21 heavy (non-hydrogen) atoms. The van der Waals surface area contributed by atoms with Crippen molar-refractivity contribution in [3.05, 3.63) is 70.7 Å². The first-order valence-electron chi connectivity index (χ1n) is 6.91. The highest BCUT2D eigenvalue weighted by atomic mass is 35.5. The smallest absolute Gasteiger partial charge is 0.222 e. The normalized spacial score (nSPS) is 13.5. The quantitative estimate of drug-likeness (QED) is 0.886. The molecule has 0 saturated heterocycles. The van der Waals surface area contributed by atoms with Crippen LogP contribution in [-0.2, 0) is 4.79 Å². The highest BCUT2D eigenvalue weighted by Gasteiger charge is 2.14. The van der Waals surface area contributed by atoms with Gasteiger partial charge in [-0.1, -0.05) is 54.1 Å². The monoisotopic (exact) mass is 302 g/mol. The Bertz CT molecular complexity index is 583. The summed E-state index contributed by atoms with van der Waals surface area (Å²) in [6.07, 6.45) is 0.266. The fourth-order valence-electron chi connectivity index (χ4n) is 2.15. The van der Waals surface area contributed by atoms with Crippen LogP contribution >= 0.6 is 11.6 Å². The lowest BCUT2D eigenvalue weighted by Gasteiger charge is -2.17. The Kier molecular flexibility index (Phi) is 5.37. The highest BCUT2D eigenvalue weighted by Crippen LogP contribution is 2.17. The van der Waals surface area contributed by atoms with E-state index in [-0.39, 0.29) is 24.4 Å². The van der Waals surface area contributed by atoms with Gasteiger partial charge >= 0.3 is 0 Å². The summed E-state index contributed by atoms with van der Waals surface area (Å²) < 4.78 is 0. The van der Waals surface area contributed by atoms with Gasteiger partial charge in [-0.05, 0) is 30.2 Å². The van der Waals surface area contributed by atoms with Crippen LogP contribution in [0.15, 0.2) is 54.6 Å². The molecular formula is C17H19ClN2O. The zero-order valence-corrected chi connectivity index (χ0v) is 12.7. The van der Waals surface area contributed by atoms with Crippen molar-refractivity contribution < 1.29 is 4.79 Å². The van der Waals surface area contributed by atoms with E-state index >= 15 is 0 Å². The predicted octanol–water partition coefficient (Wildman–Crippen LogP) is 3.61. The first kappa shape index (κ1) is 15.5. The SMILES string of the molecule is C[C@H](NC(=O)CC(N)c1ccccc1)c1ccc(Cl)cc1. The largest absolute Gasteiger partial charge is 0.350 e. The Morgan fingerprint density at radius 2 is 1.71 bits per heavy atom. The average molecular weight is 303 g/mol. The number of nitrogens with one attached hydrogen (secondary N) is 1. The van der Waals surface area contributed by atoms with Crippen molar-refractivity contribution in [3.63, 3.8) is 0 Å². The van der Waals surface area contributed by atoms with Crippen molar-refractivity contribution in [1.29, 1.82) is 0 Å². The standard InChI is InChI=1S/C17H19ClN2O/c1-12(13-7-9-15(18)10-8-13)20-17(21)11-16(19)14-5-3-2-4-6-14/h2-10,12,16H,11,19H2,1H3,(H,20,21)/t12-,16?/m0/s1. The molecule has 0 spiro atoms. The molecule has 0 aliphatic carbocycles. The van der Waals surface area contributed by atoms with Gasteiger partial charge in [-0.2, -0.15) is 0 Å². The molecule has 3 N–H and O–H groups in total. The molecule has 1 amide bonds. The van der Waals surface area contributed by atoms with Crippen LogP contribution in [0.3, 0.4) is 0 Å². The number of halogens is 1. The summed E-state index contributed by atoms with van der Waals surface area (Å²) in [6, 6.07) is 16.7. The van der Waals surface area contributed by atoms with Crippen molar-refractivity contribution >= 4 is 17.5 Å². The van der Waals surface area contributed by atoms with E-state index < -0.39 is 0 Å². The van der Waals surface area contributed by atoms with Gasteiger partial charge in [-0.15, -0.1) is 0 Å². The van der Waals surface area contributed by atoms with Crippen LogP contribution in [0, 0.1) is 0 Å². The number of carbonyl (C=O) groups is 1. The number of nitrogens with two attached hydrogens (primary N) is 1. The Balaban J connectivity index is 1.91. The van der Waals surface area contributed by atoms with E-state index in [0.29, 0.717) is 5.02 Å². The molecule has 2 atom stereocenters. The van der Waals surface area contributed by atoms with E-state index in [0.717, 1.165) is 11.1 Å². The van der Waals surface area contributed by atoms with Crippen LogP contribution in [0.4, 0.5) is 0 Å². The summed E-state index contributed by atoms with van der Waals surface area (Å²) in [5.74, 6) is -0.0613. The zero-order valence-electron chi connectivity index (χ0n) is 11.9. The molecule has 0 aliphatic heterocycles. The molecule has 2 aromatic carbocycles. The van der Waals surface area contributed by atoms with E-state index in [1.54, 1.807) is 0 Å². The summed E-state index contributed by atoms with van der Waals surface area (Å²) in [5, 5.41) is 3.64. The molecule has 0 radical (unpaired) electrons. The van der Waals surface area contributed by atoms with E-state index in [1.807, 2.05) is 61.5 Å². The third-order valence-corrected chi connectivity index (χ3v) is 3.63. The van der Waals surface area contributed by atoms with Crippen LogP contribution in [0.25, 0.3) is 0 Å². The molecule has 0 heterocycles. The first-order chi connectivity index (χ1) is 10.1. The lowest BCUT2D eigenvalue weighted by atomic mass is 10.0. The van der Waals surface area contributed by atoms with Crippen LogP contribution in [0.5, 0.6) is 0 Å². The van der Waals surface area contributed by atoms with Crippen LogP contribution in [0.1, 0.15) is 36.6 Å². The number of rotatable bonds is 5. The minimum absolute atomic E-state index is 0.0613. The van der Waals surface area contributed by atoms with Gasteiger partial charge in [0.05, 0.1) is 6.04 Å². The third kappa shape index (κ3) is 4.59. The van der Waals surface area contributed by atoms with Gasteiger partial charge in [0.1, 0.15) is 0 Å². The van der Waals surface area contributed by atoms with Crippen molar-refractivity contribution in [2.45, 2.75) is 25.4 Å². The number of benzene rings is 2. The molecule has 1 unspecified atom stereocenters. The van der Waals surface area contributed by atoms with E-state index in [4.69, 9.17) is 17.3 Å². The lowest BCUT2D eigenvalue weighted by Crippen LogP contribution is -2.29. The van der Waals surface area contributed by atoms with Crippen molar-refractivity contribution in [2.24, 2.45) is 5.73 Å². The average Bonchev–Trinajstić information content (AvgIpc) is 2.48. The highest BCUT2D eigenvalue weighted by molar-refractivity contribution is 6.30. The molecule has 0 saturated carbocycles. The van der Waals surface area contributed by atoms with Crippen LogP contribution in [-0.4, -0.2) is 5.91 Å². The molecule has 3 nitrogen and oxygen atoms in total.